The van der Waals surface area contributed by atoms with Gasteiger partial charge in [-0.2, -0.15) is 4.98 Å². The van der Waals surface area contributed by atoms with Crippen LogP contribution in [0.1, 0.15) is 57.2 Å². The summed E-state index contributed by atoms with van der Waals surface area (Å²) in [6, 6.07) is 2.10. The maximum atomic E-state index is 5.37. The molecule has 2 bridgehead atoms. The fourth-order valence-electron chi connectivity index (χ4n) is 3.52. The van der Waals surface area contributed by atoms with Crippen LogP contribution in [0.25, 0.3) is 0 Å². The number of nitrogens with zero attached hydrogens (tertiary/aromatic N) is 3. The van der Waals surface area contributed by atoms with Gasteiger partial charge in [0.25, 0.3) is 0 Å². The van der Waals surface area contributed by atoms with Gasteiger partial charge in [0, 0.05) is 24.5 Å². The van der Waals surface area contributed by atoms with Crippen molar-refractivity contribution in [3.05, 3.63) is 11.7 Å². The molecule has 0 aromatic carbocycles. The SMILES string of the molecule is CCCCc1noc(CN(C)C2CC3CCC(C2)N3)n1. The van der Waals surface area contributed by atoms with E-state index in [9.17, 15) is 0 Å². The molecule has 3 rings (SSSR count). The highest BCUT2D eigenvalue weighted by atomic mass is 16.5. The van der Waals surface area contributed by atoms with Crippen LogP contribution in [0.4, 0.5) is 0 Å². The molecule has 3 heterocycles. The van der Waals surface area contributed by atoms with E-state index >= 15 is 0 Å². The second-order valence-corrected chi connectivity index (χ2v) is 6.39. The van der Waals surface area contributed by atoms with Crippen molar-refractivity contribution in [3.8, 4) is 0 Å². The lowest BCUT2D eigenvalue weighted by molar-refractivity contribution is 0.150. The van der Waals surface area contributed by atoms with E-state index < -0.39 is 0 Å². The molecule has 1 aromatic rings. The molecule has 0 aliphatic carbocycles. The highest BCUT2D eigenvalue weighted by Gasteiger charge is 2.35. The second kappa shape index (κ2) is 6.22. The summed E-state index contributed by atoms with van der Waals surface area (Å²) in [6.45, 7) is 2.96. The average Bonchev–Trinajstić information content (AvgIpc) is 3.03. The zero-order chi connectivity index (χ0) is 13.9. The number of rotatable bonds is 6. The van der Waals surface area contributed by atoms with Gasteiger partial charge in [-0.05, 0) is 39.2 Å². The first-order chi connectivity index (χ1) is 9.74. The monoisotopic (exact) mass is 278 g/mol. The summed E-state index contributed by atoms with van der Waals surface area (Å²) in [5, 5.41) is 7.76. The van der Waals surface area contributed by atoms with Crippen LogP contribution >= 0.6 is 0 Å². The molecule has 2 aliphatic rings. The van der Waals surface area contributed by atoms with Crippen molar-refractivity contribution in [1.82, 2.24) is 20.4 Å². The van der Waals surface area contributed by atoms with E-state index in [1.54, 1.807) is 0 Å². The number of unbranched alkanes of at least 4 members (excludes halogenated alkanes) is 1. The molecular weight excluding hydrogens is 252 g/mol. The van der Waals surface area contributed by atoms with Crippen molar-refractivity contribution in [2.24, 2.45) is 0 Å². The molecule has 2 unspecified atom stereocenters. The summed E-state index contributed by atoms with van der Waals surface area (Å²) in [4.78, 5) is 6.89. The molecule has 0 radical (unpaired) electrons. The van der Waals surface area contributed by atoms with Gasteiger partial charge in [0.15, 0.2) is 5.82 Å². The molecule has 0 spiro atoms. The number of aryl methyl sites for hydroxylation is 1. The van der Waals surface area contributed by atoms with Gasteiger partial charge in [0.2, 0.25) is 5.89 Å². The number of nitrogens with one attached hydrogen (secondary N) is 1. The largest absolute Gasteiger partial charge is 0.338 e. The van der Waals surface area contributed by atoms with E-state index in [4.69, 9.17) is 4.52 Å². The highest BCUT2D eigenvalue weighted by Crippen LogP contribution is 2.29. The Kier molecular flexibility index (Phi) is 4.36. The molecule has 2 atom stereocenters. The van der Waals surface area contributed by atoms with Crippen molar-refractivity contribution in [3.63, 3.8) is 0 Å². The summed E-state index contributed by atoms with van der Waals surface area (Å²) in [5.41, 5.74) is 0. The summed E-state index contributed by atoms with van der Waals surface area (Å²) in [5.74, 6) is 1.63. The smallest absolute Gasteiger partial charge is 0.240 e. The van der Waals surface area contributed by atoms with E-state index in [0.717, 1.165) is 43.2 Å². The van der Waals surface area contributed by atoms with Crippen molar-refractivity contribution in [1.29, 1.82) is 0 Å². The van der Waals surface area contributed by atoms with E-state index in [2.05, 4.69) is 34.3 Å². The van der Waals surface area contributed by atoms with Crippen LogP contribution in [0.15, 0.2) is 4.52 Å². The minimum absolute atomic E-state index is 0.653. The van der Waals surface area contributed by atoms with Crippen LogP contribution < -0.4 is 5.32 Å². The molecule has 5 heteroatoms. The van der Waals surface area contributed by atoms with Crippen LogP contribution in [0.2, 0.25) is 0 Å². The second-order valence-electron chi connectivity index (χ2n) is 6.39. The summed E-state index contributed by atoms with van der Waals surface area (Å²) >= 11 is 0. The zero-order valence-electron chi connectivity index (χ0n) is 12.6. The standard InChI is InChI=1S/C15H26N4O/c1-3-4-5-14-17-15(20-18-14)10-19(2)13-8-11-6-7-12(9-13)16-11/h11-13,16H,3-10H2,1-2H3. The molecule has 20 heavy (non-hydrogen) atoms. The molecule has 2 aliphatic heterocycles. The Morgan fingerprint density at radius 1 is 1.30 bits per heavy atom. The first kappa shape index (κ1) is 14.0. The number of fused-ring (bicyclic) bond motifs is 2. The van der Waals surface area contributed by atoms with Crippen LogP contribution in [-0.4, -0.2) is 40.2 Å². The molecule has 2 saturated heterocycles. The highest BCUT2D eigenvalue weighted by molar-refractivity contribution is 4.96. The van der Waals surface area contributed by atoms with Gasteiger partial charge in [0.05, 0.1) is 6.54 Å². The number of aromatic nitrogens is 2. The molecule has 2 fully saturated rings. The topological polar surface area (TPSA) is 54.2 Å². The first-order valence-corrected chi connectivity index (χ1v) is 8.02. The third-order valence-electron chi connectivity index (χ3n) is 4.72. The van der Waals surface area contributed by atoms with Crippen molar-refractivity contribution in [2.45, 2.75) is 76.5 Å². The molecule has 1 aromatic heterocycles. The minimum Gasteiger partial charge on any atom is -0.338 e. The number of piperidine rings is 1. The van der Waals surface area contributed by atoms with Gasteiger partial charge in [0.1, 0.15) is 0 Å². The normalized spacial score (nSPS) is 29.2. The Bertz CT molecular complexity index is 421. The molecule has 0 saturated carbocycles. The lowest BCUT2D eigenvalue weighted by Gasteiger charge is -2.34. The Hall–Kier alpha value is -0.940. The Morgan fingerprint density at radius 2 is 2.05 bits per heavy atom. The van der Waals surface area contributed by atoms with Gasteiger partial charge < -0.3 is 9.84 Å². The molecule has 112 valence electrons. The lowest BCUT2D eigenvalue weighted by atomic mass is 9.98. The van der Waals surface area contributed by atoms with Crippen molar-refractivity contribution >= 4 is 0 Å². The molecular formula is C15H26N4O. The third-order valence-corrected chi connectivity index (χ3v) is 4.72. The van der Waals surface area contributed by atoms with E-state index in [0.29, 0.717) is 6.04 Å². The molecule has 1 N–H and O–H groups in total. The predicted molar refractivity (Wildman–Crippen MR) is 77.3 cm³/mol. The predicted octanol–water partition coefficient (Wildman–Crippen LogP) is 2.13. The van der Waals surface area contributed by atoms with E-state index in [-0.39, 0.29) is 0 Å². The van der Waals surface area contributed by atoms with Gasteiger partial charge >= 0.3 is 0 Å². The number of hydrogen-bond acceptors (Lipinski definition) is 5. The van der Waals surface area contributed by atoms with Gasteiger partial charge in [-0.1, -0.05) is 18.5 Å². The van der Waals surface area contributed by atoms with E-state index in [1.807, 2.05) is 0 Å². The minimum atomic E-state index is 0.653. The van der Waals surface area contributed by atoms with Crippen LogP contribution in [0.3, 0.4) is 0 Å². The van der Waals surface area contributed by atoms with Gasteiger partial charge in [-0.15, -0.1) is 0 Å². The Balaban J connectivity index is 1.53. The Morgan fingerprint density at radius 3 is 2.75 bits per heavy atom. The number of hydrogen-bond donors (Lipinski definition) is 1. The summed E-state index contributed by atoms with van der Waals surface area (Å²) in [7, 11) is 2.19. The fourth-order valence-corrected chi connectivity index (χ4v) is 3.52. The zero-order valence-corrected chi connectivity index (χ0v) is 12.6. The first-order valence-electron chi connectivity index (χ1n) is 8.02. The van der Waals surface area contributed by atoms with Crippen molar-refractivity contribution in [2.75, 3.05) is 7.05 Å². The summed E-state index contributed by atoms with van der Waals surface area (Å²) < 4.78 is 5.37. The quantitative estimate of drug-likeness (QED) is 0.864. The fraction of sp³-hybridized carbons (Fsp3) is 0.867. The molecule has 0 amide bonds. The molecule has 5 nitrogen and oxygen atoms in total. The average molecular weight is 278 g/mol. The third kappa shape index (κ3) is 3.20. The van der Waals surface area contributed by atoms with Crippen LogP contribution in [0, 0.1) is 0 Å². The Labute approximate surface area is 121 Å². The van der Waals surface area contributed by atoms with Crippen LogP contribution in [-0.2, 0) is 13.0 Å². The van der Waals surface area contributed by atoms with Crippen LogP contribution in [0.5, 0.6) is 0 Å². The van der Waals surface area contributed by atoms with E-state index in [1.165, 1.54) is 32.1 Å². The lowest BCUT2D eigenvalue weighted by Crippen LogP contribution is -2.46. The maximum absolute atomic E-state index is 5.37. The van der Waals surface area contributed by atoms with Crippen molar-refractivity contribution < 1.29 is 4.52 Å². The van der Waals surface area contributed by atoms with Gasteiger partial charge in [-0.3, -0.25) is 4.90 Å². The van der Waals surface area contributed by atoms with Gasteiger partial charge in [-0.25, -0.2) is 0 Å². The maximum Gasteiger partial charge on any atom is 0.240 e. The summed E-state index contributed by atoms with van der Waals surface area (Å²) in [6.07, 6.45) is 8.43.